The second-order valence-corrected chi connectivity index (χ2v) is 4.76. The molecule has 1 aromatic rings. The van der Waals surface area contributed by atoms with E-state index in [9.17, 15) is 4.79 Å². The van der Waals surface area contributed by atoms with Gasteiger partial charge in [0.25, 0.3) is 0 Å². The van der Waals surface area contributed by atoms with Crippen molar-refractivity contribution in [2.24, 2.45) is 0 Å². The van der Waals surface area contributed by atoms with E-state index in [1.54, 1.807) is 14.2 Å². The molecule has 1 aromatic carbocycles. The van der Waals surface area contributed by atoms with Crippen LogP contribution in [0.15, 0.2) is 18.2 Å². The van der Waals surface area contributed by atoms with Gasteiger partial charge in [0.15, 0.2) is 0 Å². The quantitative estimate of drug-likeness (QED) is 0.793. The first-order valence-corrected chi connectivity index (χ1v) is 6.63. The molecule has 0 saturated heterocycles. The normalized spacial score (nSPS) is 12.2. The fourth-order valence-electron chi connectivity index (χ4n) is 2.07. The zero-order chi connectivity index (χ0) is 15.1. The number of benzene rings is 1. The van der Waals surface area contributed by atoms with Crippen LogP contribution in [-0.4, -0.2) is 43.8 Å². The van der Waals surface area contributed by atoms with Crippen molar-refractivity contribution in [2.75, 3.05) is 27.8 Å². The van der Waals surface area contributed by atoms with Crippen molar-refractivity contribution in [3.63, 3.8) is 0 Å². The molecule has 20 heavy (non-hydrogen) atoms. The van der Waals surface area contributed by atoms with Crippen LogP contribution in [0.4, 0.5) is 0 Å². The lowest BCUT2D eigenvalue weighted by molar-refractivity contribution is -0.137. The van der Waals surface area contributed by atoms with Gasteiger partial charge in [0.2, 0.25) is 0 Å². The van der Waals surface area contributed by atoms with Crippen LogP contribution in [0.1, 0.15) is 31.4 Å². The van der Waals surface area contributed by atoms with Crippen LogP contribution in [0.25, 0.3) is 0 Å². The van der Waals surface area contributed by atoms with E-state index in [1.165, 1.54) is 0 Å². The zero-order valence-electron chi connectivity index (χ0n) is 12.5. The van der Waals surface area contributed by atoms with E-state index in [2.05, 4.69) is 11.8 Å². The lowest BCUT2D eigenvalue weighted by Crippen LogP contribution is -2.24. The van der Waals surface area contributed by atoms with Crippen LogP contribution in [-0.2, 0) is 4.79 Å². The second-order valence-electron chi connectivity index (χ2n) is 4.76. The Bertz CT molecular complexity index is 447. The molecule has 1 rings (SSSR count). The van der Waals surface area contributed by atoms with Gasteiger partial charge in [0, 0.05) is 24.1 Å². The molecule has 5 nitrogen and oxygen atoms in total. The second kappa shape index (κ2) is 7.75. The summed E-state index contributed by atoms with van der Waals surface area (Å²) >= 11 is 0. The van der Waals surface area contributed by atoms with Crippen LogP contribution < -0.4 is 9.47 Å². The number of carbonyl (C=O) groups is 1. The summed E-state index contributed by atoms with van der Waals surface area (Å²) in [4.78, 5) is 12.7. The third-order valence-corrected chi connectivity index (χ3v) is 3.45. The van der Waals surface area contributed by atoms with Crippen LogP contribution in [0, 0.1) is 0 Å². The van der Waals surface area contributed by atoms with Gasteiger partial charge in [-0.1, -0.05) is 6.07 Å². The molecule has 1 atom stereocenters. The SMILES string of the molecule is COc1ccc(C(C)N(C)CCCC(=O)O)c(OC)c1. The highest BCUT2D eigenvalue weighted by molar-refractivity contribution is 5.66. The van der Waals surface area contributed by atoms with Crippen LogP contribution >= 0.6 is 0 Å². The smallest absolute Gasteiger partial charge is 0.303 e. The summed E-state index contributed by atoms with van der Waals surface area (Å²) in [6.45, 7) is 2.80. The summed E-state index contributed by atoms with van der Waals surface area (Å²) < 4.78 is 10.6. The summed E-state index contributed by atoms with van der Waals surface area (Å²) in [7, 11) is 5.24. The predicted molar refractivity (Wildman–Crippen MR) is 77.5 cm³/mol. The summed E-state index contributed by atoms with van der Waals surface area (Å²) in [5.41, 5.74) is 1.06. The largest absolute Gasteiger partial charge is 0.497 e. The maximum atomic E-state index is 10.5. The first kappa shape index (κ1) is 16.3. The third-order valence-electron chi connectivity index (χ3n) is 3.45. The molecule has 0 amide bonds. The van der Waals surface area contributed by atoms with E-state index in [4.69, 9.17) is 14.6 Å². The molecule has 5 heteroatoms. The highest BCUT2D eigenvalue weighted by Gasteiger charge is 2.16. The van der Waals surface area contributed by atoms with Gasteiger partial charge in [-0.2, -0.15) is 0 Å². The third kappa shape index (κ3) is 4.42. The molecule has 0 fully saturated rings. The van der Waals surface area contributed by atoms with E-state index < -0.39 is 5.97 Å². The standard InChI is InChI=1S/C15H23NO4/c1-11(16(2)9-5-6-15(17)18)13-8-7-12(19-3)10-14(13)20-4/h7-8,10-11H,5-6,9H2,1-4H3,(H,17,18). The summed E-state index contributed by atoms with van der Waals surface area (Å²) in [6, 6.07) is 5.89. The lowest BCUT2D eigenvalue weighted by atomic mass is 10.1. The minimum Gasteiger partial charge on any atom is -0.497 e. The van der Waals surface area contributed by atoms with Crippen molar-refractivity contribution in [3.05, 3.63) is 23.8 Å². The Morgan fingerprint density at radius 2 is 2.05 bits per heavy atom. The van der Waals surface area contributed by atoms with Gasteiger partial charge in [-0.05, 0) is 33.0 Å². The van der Waals surface area contributed by atoms with Gasteiger partial charge in [-0.25, -0.2) is 0 Å². The molecular formula is C15H23NO4. The van der Waals surface area contributed by atoms with E-state index in [1.807, 2.05) is 25.2 Å². The number of ether oxygens (including phenoxy) is 2. The molecule has 0 heterocycles. The molecule has 0 aliphatic carbocycles. The van der Waals surface area contributed by atoms with Crippen molar-refractivity contribution >= 4 is 5.97 Å². The molecule has 0 bridgehead atoms. The molecule has 1 unspecified atom stereocenters. The topological polar surface area (TPSA) is 59.0 Å². The van der Waals surface area contributed by atoms with E-state index in [0.29, 0.717) is 6.42 Å². The number of methoxy groups -OCH3 is 2. The van der Waals surface area contributed by atoms with Crippen LogP contribution in [0.5, 0.6) is 11.5 Å². The zero-order valence-corrected chi connectivity index (χ0v) is 12.5. The Morgan fingerprint density at radius 3 is 2.60 bits per heavy atom. The van der Waals surface area contributed by atoms with Crippen molar-refractivity contribution in [2.45, 2.75) is 25.8 Å². The molecule has 0 aliphatic heterocycles. The van der Waals surface area contributed by atoms with Crippen molar-refractivity contribution in [1.82, 2.24) is 4.90 Å². The van der Waals surface area contributed by atoms with Gasteiger partial charge < -0.3 is 14.6 Å². The maximum Gasteiger partial charge on any atom is 0.303 e. The van der Waals surface area contributed by atoms with Crippen LogP contribution in [0.3, 0.4) is 0 Å². The summed E-state index contributed by atoms with van der Waals surface area (Å²) in [5.74, 6) is 0.779. The number of hydrogen-bond donors (Lipinski definition) is 1. The minimum atomic E-state index is -0.756. The Hall–Kier alpha value is -1.75. The van der Waals surface area contributed by atoms with E-state index in [0.717, 1.165) is 23.6 Å². The molecule has 0 radical (unpaired) electrons. The average Bonchev–Trinajstić information content (AvgIpc) is 2.45. The fourth-order valence-corrected chi connectivity index (χ4v) is 2.07. The Balaban J connectivity index is 2.74. The van der Waals surface area contributed by atoms with Gasteiger partial charge in [-0.15, -0.1) is 0 Å². The number of carboxylic acids is 1. The number of carboxylic acid groups (broad SMARTS) is 1. The number of hydrogen-bond acceptors (Lipinski definition) is 4. The van der Waals surface area contributed by atoms with Crippen molar-refractivity contribution < 1.29 is 19.4 Å². The summed E-state index contributed by atoms with van der Waals surface area (Å²) in [6.07, 6.45) is 0.825. The minimum absolute atomic E-state index is 0.143. The summed E-state index contributed by atoms with van der Waals surface area (Å²) in [5, 5.41) is 8.67. The number of rotatable bonds is 8. The molecule has 112 valence electrons. The first-order valence-electron chi connectivity index (χ1n) is 6.63. The van der Waals surface area contributed by atoms with Crippen molar-refractivity contribution in [3.8, 4) is 11.5 Å². The van der Waals surface area contributed by atoms with E-state index in [-0.39, 0.29) is 12.5 Å². The molecular weight excluding hydrogens is 258 g/mol. The monoisotopic (exact) mass is 281 g/mol. The van der Waals surface area contributed by atoms with Gasteiger partial charge in [0.05, 0.1) is 14.2 Å². The number of nitrogens with zero attached hydrogens (tertiary/aromatic N) is 1. The molecule has 0 aliphatic rings. The molecule has 1 N–H and O–H groups in total. The van der Waals surface area contributed by atoms with Gasteiger partial charge in [-0.3, -0.25) is 9.69 Å². The fraction of sp³-hybridized carbons (Fsp3) is 0.533. The first-order chi connectivity index (χ1) is 9.49. The Morgan fingerprint density at radius 1 is 1.35 bits per heavy atom. The Labute approximate surface area is 120 Å². The Kier molecular flexibility index (Phi) is 6.31. The number of aliphatic carboxylic acids is 1. The molecule has 0 aromatic heterocycles. The average molecular weight is 281 g/mol. The molecule has 0 spiro atoms. The van der Waals surface area contributed by atoms with Crippen molar-refractivity contribution in [1.29, 1.82) is 0 Å². The van der Waals surface area contributed by atoms with Gasteiger partial charge in [0.1, 0.15) is 11.5 Å². The lowest BCUT2D eigenvalue weighted by Gasteiger charge is -2.26. The van der Waals surface area contributed by atoms with E-state index >= 15 is 0 Å². The van der Waals surface area contributed by atoms with Crippen LogP contribution in [0.2, 0.25) is 0 Å². The highest BCUT2D eigenvalue weighted by atomic mass is 16.5. The maximum absolute atomic E-state index is 10.5. The van der Waals surface area contributed by atoms with Gasteiger partial charge >= 0.3 is 5.97 Å². The molecule has 0 saturated carbocycles. The predicted octanol–water partition coefficient (Wildman–Crippen LogP) is 2.56. The highest BCUT2D eigenvalue weighted by Crippen LogP contribution is 2.31.